The van der Waals surface area contributed by atoms with Gasteiger partial charge in [0.25, 0.3) is 0 Å². The third kappa shape index (κ3) is 2.98. The topological polar surface area (TPSA) is 47.3 Å². The first-order valence-corrected chi connectivity index (χ1v) is 5.02. The van der Waals surface area contributed by atoms with Crippen LogP contribution in [0.2, 0.25) is 0 Å². The number of hydrogen-bond acceptors (Lipinski definition) is 3. The predicted octanol–water partition coefficient (Wildman–Crippen LogP) is 1.14. The Morgan fingerprint density at radius 1 is 1.54 bits per heavy atom. The SMILES string of the molecule is CCCC1(O)CN(CCCC#N)C1. The summed E-state index contributed by atoms with van der Waals surface area (Å²) in [6.45, 7) is 4.65. The van der Waals surface area contributed by atoms with Crippen molar-refractivity contribution in [1.29, 1.82) is 5.26 Å². The fourth-order valence-electron chi connectivity index (χ4n) is 1.95. The van der Waals surface area contributed by atoms with E-state index < -0.39 is 5.60 Å². The second-order valence-corrected chi connectivity index (χ2v) is 3.95. The second-order valence-electron chi connectivity index (χ2n) is 3.95. The van der Waals surface area contributed by atoms with Crippen LogP contribution in [-0.2, 0) is 0 Å². The van der Waals surface area contributed by atoms with Gasteiger partial charge < -0.3 is 5.11 Å². The van der Waals surface area contributed by atoms with Crippen LogP contribution in [0, 0.1) is 11.3 Å². The first-order valence-electron chi connectivity index (χ1n) is 5.02. The molecule has 3 heteroatoms. The zero-order valence-corrected chi connectivity index (χ0v) is 8.29. The quantitative estimate of drug-likeness (QED) is 0.648. The first-order chi connectivity index (χ1) is 6.20. The van der Waals surface area contributed by atoms with Crippen LogP contribution in [0.3, 0.4) is 0 Å². The molecular formula is C10H18N2O. The van der Waals surface area contributed by atoms with Gasteiger partial charge in [0, 0.05) is 19.5 Å². The average molecular weight is 182 g/mol. The highest BCUT2D eigenvalue weighted by molar-refractivity contribution is 4.94. The van der Waals surface area contributed by atoms with Gasteiger partial charge in [-0.15, -0.1) is 0 Å². The highest BCUT2D eigenvalue weighted by atomic mass is 16.3. The molecule has 0 bridgehead atoms. The molecule has 1 saturated heterocycles. The molecule has 74 valence electrons. The van der Waals surface area contributed by atoms with E-state index in [1.54, 1.807) is 0 Å². The molecule has 1 aliphatic rings. The van der Waals surface area contributed by atoms with Crippen LogP contribution in [0.25, 0.3) is 0 Å². The zero-order valence-electron chi connectivity index (χ0n) is 8.29. The maximum Gasteiger partial charge on any atom is 0.0900 e. The van der Waals surface area contributed by atoms with Crippen molar-refractivity contribution in [2.45, 2.75) is 38.2 Å². The lowest BCUT2D eigenvalue weighted by Crippen LogP contribution is -2.61. The number of rotatable bonds is 5. The largest absolute Gasteiger partial charge is 0.387 e. The minimum absolute atomic E-state index is 0.415. The normalized spacial score (nSPS) is 20.7. The third-order valence-corrected chi connectivity index (χ3v) is 2.51. The Kier molecular flexibility index (Phi) is 3.71. The standard InChI is InChI=1S/C10H18N2O/c1-2-5-10(13)8-12(9-10)7-4-3-6-11/h13H,2-5,7-9H2,1H3. The summed E-state index contributed by atoms with van der Waals surface area (Å²) in [6, 6.07) is 2.13. The zero-order chi connectivity index (χ0) is 9.73. The lowest BCUT2D eigenvalue weighted by molar-refractivity contribution is -0.102. The van der Waals surface area contributed by atoms with E-state index in [1.807, 2.05) is 0 Å². The molecule has 1 rings (SSSR count). The van der Waals surface area contributed by atoms with Crippen molar-refractivity contribution in [1.82, 2.24) is 4.90 Å². The molecule has 1 N–H and O–H groups in total. The Labute approximate surface area is 80.0 Å². The molecule has 0 aromatic carbocycles. The van der Waals surface area contributed by atoms with Crippen molar-refractivity contribution in [2.24, 2.45) is 0 Å². The number of likely N-dealkylation sites (tertiary alicyclic amines) is 1. The highest BCUT2D eigenvalue weighted by Crippen LogP contribution is 2.25. The van der Waals surface area contributed by atoms with Crippen molar-refractivity contribution in [3.05, 3.63) is 0 Å². The maximum atomic E-state index is 9.83. The van der Waals surface area contributed by atoms with Crippen LogP contribution in [0.5, 0.6) is 0 Å². The molecule has 0 amide bonds. The van der Waals surface area contributed by atoms with Crippen molar-refractivity contribution in [2.75, 3.05) is 19.6 Å². The fraction of sp³-hybridized carbons (Fsp3) is 0.900. The van der Waals surface area contributed by atoms with Gasteiger partial charge in [-0.2, -0.15) is 5.26 Å². The smallest absolute Gasteiger partial charge is 0.0900 e. The number of nitrogens with zero attached hydrogens (tertiary/aromatic N) is 2. The Morgan fingerprint density at radius 3 is 2.77 bits per heavy atom. The molecule has 13 heavy (non-hydrogen) atoms. The lowest BCUT2D eigenvalue weighted by Gasteiger charge is -2.46. The van der Waals surface area contributed by atoms with E-state index in [-0.39, 0.29) is 0 Å². The monoisotopic (exact) mass is 182 g/mol. The molecule has 0 unspecified atom stereocenters. The summed E-state index contributed by atoms with van der Waals surface area (Å²) in [6.07, 6.45) is 3.51. The molecule has 0 aromatic heterocycles. The number of nitriles is 1. The Morgan fingerprint density at radius 2 is 2.23 bits per heavy atom. The number of unbranched alkanes of at least 4 members (excludes halogenated alkanes) is 1. The van der Waals surface area contributed by atoms with Crippen LogP contribution >= 0.6 is 0 Å². The molecule has 1 fully saturated rings. The summed E-state index contributed by atoms with van der Waals surface area (Å²) in [5.41, 5.74) is -0.415. The van der Waals surface area contributed by atoms with E-state index in [9.17, 15) is 5.11 Å². The van der Waals surface area contributed by atoms with E-state index in [1.165, 1.54) is 0 Å². The minimum atomic E-state index is -0.415. The Hall–Kier alpha value is -0.590. The molecular weight excluding hydrogens is 164 g/mol. The van der Waals surface area contributed by atoms with Crippen LogP contribution in [0.1, 0.15) is 32.6 Å². The maximum absolute atomic E-state index is 9.83. The van der Waals surface area contributed by atoms with Crippen molar-refractivity contribution in [3.8, 4) is 6.07 Å². The number of β-amino-alcohol motifs (C(OH)–C–C–N with tert-alkyl or cyclic N) is 1. The predicted molar refractivity (Wildman–Crippen MR) is 51.1 cm³/mol. The molecule has 3 nitrogen and oxygen atoms in total. The third-order valence-electron chi connectivity index (χ3n) is 2.51. The van der Waals surface area contributed by atoms with Gasteiger partial charge >= 0.3 is 0 Å². The first kappa shape index (κ1) is 10.5. The van der Waals surface area contributed by atoms with E-state index >= 15 is 0 Å². The van der Waals surface area contributed by atoms with E-state index in [2.05, 4.69) is 17.9 Å². The molecule has 0 saturated carbocycles. The van der Waals surface area contributed by atoms with Crippen LogP contribution in [0.15, 0.2) is 0 Å². The number of aliphatic hydroxyl groups is 1. The van der Waals surface area contributed by atoms with Gasteiger partial charge in [0.1, 0.15) is 0 Å². The molecule has 0 atom stereocenters. The molecule has 0 aromatic rings. The summed E-state index contributed by atoms with van der Waals surface area (Å²) in [7, 11) is 0. The summed E-state index contributed by atoms with van der Waals surface area (Å²) in [5, 5.41) is 18.2. The molecule has 0 radical (unpaired) electrons. The van der Waals surface area contributed by atoms with Gasteiger partial charge in [0.2, 0.25) is 0 Å². The van der Waals surface area contributed by atoms with E-state index in [0.29, 0.717) is 6.42 Å². The Balaban J connectivity index is 2.07. The van der Waals surface area contributed by atoms with Gasteiger partial charge in [0.05, 0.1) is 11.7 Å². The van der Waals surface area contributed by atoms with Crippen LogP contribution in [-0.4, -0.2) is 35.2 Å². The summed E-state index contributed by atoms with van der Waals surface area (Å²) in [5.74, 6) is 0. The lowest BCUT2D eigenvalue weighted by atomic mass is 9.89. The molecule has 0 aliphatic carbocycles. The summed E-state index contributed by atoms with van der Waals surface area (Å²) in [4.78, 5) is 2.22. The van der Waals surface area contributed by atoms with Crippen molar-refractivity contribution >= 4 is 0 Å². The molecule has 0 spiro atoms. The minimum Gasteiger partial charge on any atom is -0.387 e. The fourth-order valence-corrected chi connectivity index (χ4v) is 1.95. The Bertz CT molecular complexity index is 192. The van der Waals surface area contributed by atoms with E-state index in [4.69, 9.17) is 5.26 Å². The number of hydrogen-bond donors (Lipinski definition) is 1. The molecule has 1 aliphatic heterocycles. The van der Waals surface area contributed by atoms with Gasteiger partial charge in [-0.1, -0.05) is 13.3 Å². The van der Waals surface area contributed by atoms with E-state index in [0.717, 1.165) is 38.9 Å². The van der Waals surface area contributed by atoms with Crippen molar-refractivity contribution < 1.29 is 5.11 Å². The van der Waals surface area contributed by atoms with Crippen LogP contribution < -0.4 is 0 Å². The van der Waals surface area contributed by atoms with Gasteiger partial charge in [-0.05, 0) is 19.4 Å². The van der Waals surface area contributed by atoms with Crippen LogP contribution in [0.4, 0.5) is 0 Å². The van der Waals surface area contributed by atoms with Gasteiger partial charge in [0.15, 0.2) is 0 Å². The second kappa shape index (κ2) is 4.59. The van der Waals surface area contributed by atoms with Gasteiger partial charge in [-0.3, -0.25) is 4.90 Å². The average Bonchev–Trinajstić information content (AvgIpc) is 2.02. The molecule has 1 heterocycles. The highest BCUT2D eigenvalue weighted by Gasteiger charge is 2.39. The summed E-state index contributed by atoms with van der Waals surface area (Å²) >= 11 is 0. The van der Waals surface area contributed by atoms with Crippen molar-refractivity contribution in [3.63, 3.8) is 0 Å². The van der Waals surface area contributed by atoms with Gasteiger partial charge in [-0.25, -0.2) is 0 Å². The summed E-state index contributed by atoms with van der Waals surface area (Å²) < 4.78 is 0.